The van der Waals surface area contributed by atoms with Gasteiger partial charge in [-0.15, -0.1) is 0 Å². The van der Waals surface area contributed by atoms with Gasteiger partial charge in [0.1, 0.15) is 60.1 Å². The molecule has 1 aliphatic rings. The normalized spacial score (nSPS) is 16.0. The molecule has 474 valence electrons. The van der Waals surface area contributed by atoms with Crippen molar-refractivity contribution < 1.29 is 97.8 Å². The molecular formula is C53H82N12O20. The number of phenols is 1. The van der Waals surface area contributed by atoms with Crippen LogP contribution in [0.25, 0.3) is 0 Å². The smallest absolute Gasteiger partial charge is 0.326 e. The minimum absolute atomic E-state index is 0.0530. The van der Waals surface area contributed by atoms with Gasteiger partial charge in [-0.25, -0.2) is 4.79 Å². The summed E-state index contributed by atoms with van der Waals surface area (Å²) in [5.41, 5.74) is 11.2. The van der Waals surface area contributed by atoms with Crippen LogP contribution in [0.1, 0.15) is 117 Å². The Morgan fingerprint density at radius 2 is 1.00 bits per heavy atom. The van der Waals surface area contributed by atoms with Crippen LogP contribution >= 0.6 is 0 Å². The average Bonchev–Trinajstić information content (AvgIpc) is 4.12. The van der Waals surface area contributed by atoms with Crippen LogP contribution in [0.2, 0.25) is 0 Å². The molecule has 20 N–H and O–H groups in total. The molecular weight excluding hydrogens is 1120 g/mol. The third-order valence-corrected chi connectivity index (χ3v) is 13.2. The second kappa shape index (κ2) is 36.9. The van der Waals surface area contributed by atoms with Crippen LogP contribution in [0.3, 0.4) is 0 Å². The average molecular weight is 1210 g/mol. The predicted octanol–water partition coefficient (Wildman–Crippen LogP) is -4.57. The van der Waals surface area contributed by atoms with Crippen LogP contribution in [0.5, 0.6) is 5.75 Å². The Labute approximate surface area is 489 Å². The van der Waals surface area contributed by atoms with Gasteiger partial charge >= 0.3 is 23.9 Å². The van der Waals surface area contributed by atoms with Crippen molar-refractivity contribution in [3.63, 3.8) is 0 Å². The molecule has 1 aliphatic heterocycles. The Bertz CT molecular complexity index is 2510. The molecule has 85 heavy (non-hydrogen) atoms. The molecule has 1 aromatic carbocycles. The van der Waals surface area contributed by atoms with E-state index in [1.165, 1.54) is 38.1 Å². The van der Waals surface area contributed by atoms with Crippen molar-refractivity contribution in [3.05, 3.63) is 29.8 Å². The molecule has 32 heteroatoms. The number of aliphatic carboxylic acids is 4. The monoisotopic (exact) mass is 1210 g/mol. The summed E-state index contributed by atoms with van der Waals surface area (Å²) in [6.45, 7) is 5.83. The summed E-state index contributed by atoms with van der Waals surface area (Å²) in [6, 6.07) is -10.5. The summed E-state index contributed by atoms with van der Waals surface area (Å²) < 4.78 is 0. The lowest BCUT2D eigenvalue weighted by Crippen LogP contribution is -2.61. The van der Waals surface area contributed by atoms with Gasteiger partial charge in [0, 0.05) is 25.7 Å². The fraction of sp³-hybridized carbons (Fsp3) is 0.623. The van der Waals surface area contributed by atoms with E-state index in [0.29, 0.717) is 37.8 Å². The van der Waals surface area contributed by atoms with Crippen molar-refractivity contribution in [2.75, 3.05) is 19.7 Å². The molecule has 0 spiro atoms. The number of unbranched alkanes of at least 4 members (excludes halogenated alkanes) is 1. The zero-order chi connectivity index (χ0) is 64.1. The van der Waals surface area contributed by atoms with E-state index in [0.717, 1.165) is 0 Å². The first-order valence-electron chi connectivity index (χ1n) is 27.7. The quantitative estimate of drug-likeness (QED) is 0.0275. The van der Waals surface area contributed by atoms with E-state index < -0.39 is 200 Å². The van der Waals surface area contributed by atoms with E-state index in [-0.39, 0.29) is 38.0 Å². The molecule has 1 heterocycles. The van der Waals surface area contributed by atoms with Gasteiger partial charge in [0.2, 0.25) is 59.1 Å². The molecule has 0 aliphatic carbocycles. The molecule has 2 rings (SSSR count). The first-order chi connectivity index (χ1) is 40.0. The molecule has 0 bridgehead atoms. The first-order valence-corrected chi connectivity index (χ1v) is 27.7. The van der Waals surface area contributed by atoms with Crippen molar-refractivity contribution >= 4 is 82.9 Å². The van der Waals surface area contributed by atoms with Gasteiger partial charge in [-0.05, 0) is 100 Å². The van der Waals surface area contributed by atoms with Crippen molar-refractivity contribution in [1.82, 2.24) is 53.2 Å². The standard InChI is InChI=1S/C53H82N12O20/c1-26(2)22-35(61-51(82)38(25-66)64-46(77)32(15-18-40(69)70)59-52(83)43(27(3)4)65-47(78)33(16-19-41(71)72)57-44(75)30-9-7-21-56-30)48(79)58-31(14-17-39(55)68)45(76)63-37(24-42(73)74)50(81)62-36(23-28-10-12-29(67)13-11-28)49(80)60-34(53(84)85)8-5-6-20-54/h10-13,26-27,30-38,43,56,66-67H,5-9,14-25,54H2,1-4H3,(H2,55,68)(H,57,75)(H,58,79)(H,59,83)(H,60,80)(H,61,82)(H,62,81)(H,63,76)(H,64,77)(H,65,78)(H,69,70)(H,71,72)(H,73,74)(H,84,85)/t30-,31-,32-,33-,34-,35-,36-,37-,38-,43-/m0/s1. The number of amides is 10. The van der Waals surface area contributed by atoms with Crippen molar-refractivity contribution in [2.24, 2.45) is 23.3 Å². The number of phenolic OH excluding ortho intramolecular Hbond substituents is 1. The van der Waals surface area contributed by atoms with E-state index in [4.69, 9.17) is 11.5 Å². The zero-order valence-corrected chi connectivity index (χ0v) is 47.8. The maximum atomic E-state index is 14.1. The molecule has 0 unspecified atom stereocenters. The summed E-state index contributed by atoms with van der Waals surface area (Å²) in [4.78, 5) is 183. The highest BCUT2D eigenvalue weighted by Gasteiger charge is 2.37. The Balaban J connectivity index is 2.40. The summed E-state index contributed by atoms with van der Waals surface area (Å²) in [7, 11) is 0. The van der Waals surface area contributed by atoms with E-state index in [9.17, 15) is 97.8 Å². The van der Waals surface area contributed by atoms with Crippen molar-refractivity contribution in [2.45, 2.75) is 178 Å². The number of aliphatic hydroxyl groups is 1. The molecule has 1 aromatic rings. The lowest BCUT2D eigenvalue weighted by molar-refractivity contribution is -0.143. The Morgan fingerprint density at radius 1 is 0.541 bits per heavy atom. The molecule has 10 amide bonds. The van der Waals surface area contributed by atoms with Crippen LogP contribution in [-0.2, 0) is 73.5 Å². The summed E-state index contributed by atoms with van der Waals surface area (Å²) in [6.07, 6.45) is -3.33. The Morgan fingerprint density at radius 3 is 1.49 bits per heavy atom. The summed E-state index contributed by atoms with van der Waals surface area (Å²) in [5, 5.41) is 82.7. The number of aliphatic hydroxyl groups excluding tert-OH is 1. The lowest BCUT2D eigenvalue weighted by atomic mass is 10.0. The summed E-state index contributed by atoms with van der Waals surface area (Å²) >= 11 is 0. The topological polar surface area (TPSA) is 533 Å². The number of primary amides is 1. The molecule has 32 nitrogen and oxygen atoms in total. The van der Waals surface area contributed by atoms with Gasteiger partial charge in [-0.1, -0.05) is 39.8 Å². The number of hydrogen-bond donors (Lipinski definition) is 18. The number of aromatic hydroxyl groups is 1. The van der Waals surface area contributed by atoms with Gasteiger partial charge in [0.05, 0.1) is 19.1 Å². The third-order valence-electron chi connectivity index (χ3n) is 13.2. The highest BCUT2D eigenvalue weighted by Crippen LogP contribution is 2.15. The maximum Gasteiger partial charge on any atom is 0.326 e. The van der Waals surface area contributed by atoms with Gasteiger partial charge in [-0.3, -0.25) is 62.3 Å². The lowest BCUT2D eigenvalue weighted by Gasteiger charge is -2.29. The number of carboxylic acids is 4. The van der Waals surface area contributed by atoms with Gasteiger partial charge < -0.3 is 95.3 Å². The van der Waals surface area contributed by atoms with Gasteiger partial charge in [0.15, 0.2) is 0 Å². The highest BCUT2D eigenvalue weighted by atomic mass is 16.4. The summed E-state index contributed by atoms with van der Waals surface area (Å²) in [5.74, 6) is -17.8. The number of nitrogens with one attached hydrogen (secondary N) is 10. The van der Waals surface area contributed by atoms with Crippen molar-refractivity contribution in [1.29, 1.82) is 0 Å². The number of carboxylic acid groups (broad SMARTS) is 4. The minimum Gasteiger partial charge on any atom is -0.508 e. The molecule has 0 saturated carbocycles. The number of rotatable bonds is 40. The van der Waals surface area contributed by atoms with E-state index in [1.54, 1.807) is 13.8 Å². The molecule has 1 saturated heterocycles. The first kappa shape index (κ1) is 72.6. The molecule has 1 fully saturated rings. The molecule has 0 aromatic heterocycles. The number of nitrogens with two attached hydrogens (primary N) is 2. The molecule has 0 radical (unpaired) electrons. The zero-order valence-electron chi connectivity index (χ0n) is 47.8. The third kappa shape index (κ3) is 27.2. The van der Waals surface area contributed by atoms with Gasteiger partial charge in [-0.2, -0.15) is 0 Å². The Kier molecular flexibility index (Phi) is 31.5. The van der Waals surface area contributed by atoms with Crippen LogP contribution in [0.15, 0.2) is 24.3 Å². The molecule has 10 atom stereocenters. The van der Waals surface area contributed by atoms with Crippen LogP contribution in [-0.4, -0.2) is 194 Å². The fourth-order valence-electron chi connectivity index (χ4n) is 8.60. The highest BCUT2D eigenvalue weighted by molar-refractivity contribution is 5.99. The van der Waals surface area contributed by atoms with Crippen LogP contribution in [0.4, 0.5) is 0 Å². The van der Waals surface area contributed by atoms with Gasteiger partial charge in [0.25, 0.3) is 0 Å². The second-order valence-electron chi connectivity index (χ2n) is 21.1. The SMILES string of the molecule is CC(C)C[C@H](NC(=O)[C@H](CO)NC(=O)[C@H](CCC(=O)O)NC(=O)[C@@H](NC(=O)[C@H](CCC(=O)O)NC(=O)[C@@H]1CCCN1)C(C)C)C(=O)N[C@@H](CCC(N)=O)C(=O)N[C@@H](CC(=O)O)C(=O)N[C@@H](Cc1ccc(O)cc1)C(=O)N[C@@H](CCCCN)C(=O)O. The van der Waals surface area contributed by atoms with Crippen molar-refractivity contribution in [3.8, 4) is 5.75 Å². The Hall–Kier alpha value is -8.52. The number of hydrogen-bond acceptors (Lipinski definition) is 18. The van der Waals surface area contributed by atoms with E-state index in [2.05, 4.69) is 53.2 Å². The number of carbonyl (C=O) groups is 14. The largest absolute Gasteiger partial charge is 0.508 e. The van der Waals surface area contributed by atoms with E-state index >= 15 is 0 Å². The van der Waals surface area contributed by atoms with E-state index in [1.807, 2.05) is 0 Å². The minimum atomic E-state index is -2.02. The number of carbonyl (C=O) groups excluding carboxylic acids is 10. The van der Waals surface area contributed by atoms with Crippen LogP contribution < -0.4 is 64.6 Å². The predicted molar refractivity (Wildman–Crippen MR) is 297 cm³/mol. The number of benzene rings is 1. The fourth-order valence-corrected chi connectivity index (χ4v) is 8.60. The maximum absolute atomic E-state index is 14.1. The van der Waals surface area contributed by atoms with Crippen LogP contribution in [0, 0.1) is 11.8 Å². The second-order valence-corrected chi connectivity index (χ2v) is 21.1.